The molecular weight excluding hydrogens is 488 g/mol. The van der Waals surface area contributed by atoms with Gasteiger partial charge in [-0.2, -0.15) is 0 Å². The predicted octanol–water partition coefficient (Wildman–Crippen LogP) is 4.94. The smallest absolute Gasteiger partial charge is 0.295 e. The van der Waals surface area contributed by atoms with Crippen LogP contribution in [0.15, 0.2) is 78.4 Å². The fraction of sp³-hybridized carbons (Fsp3) is 0.241. The Morgan fingerprint density at radius 3 is 2.39 bits per heavy atom. The molecule has 1 amide bonds. The number of hydrogen-bond donors (Lipinski definition) is 1. The summed E-state index contributed by atoms with van der Waals surface area (Å²) in [4.78, 5) is 38.2. The van der Waals surface area contributed by atoms with E-state index in [4.69, 9.17) is 9.47 Å². The Hall–Kier alpha value is -4.50. The molecule has 1 aliphatic heterocycles. The molecule has 0 aliphatic carbocycles. The minimum absolute atomic E-state index is 0.0673. The molecule has 1 atom stereocenters. The van der Waals surface area contributed by atoms with E-state index in [2.05, 4.69) is 0 Å². The van der Waals surface area contributed by atoms with E-state index in [0.29, 0.717) is 42.1 Å². The Morgan fingerprint density at radius 2 is 1.76 bits per heavy atom. The Bertz CT molecular complexity index is 1370. The second-order valence-corrected chi connectivity index (χ2v) is 8.94. The molecule has 0 bridgehead atoms. The van der Waals surface area contributed by atoms with Crippen LogP contribution in [0, 0.1) is 17.0 Å². The molecule has 196 valence electrons. The highest BCUT2D eigenvalue weighted by atomic mass is 16.6. The molecule has 4 rings (SSSR count). The van der Waals surface area contributed by atoms with Crippen molar-refractivity contribution in [1.82, 2.24) is 4.90 Å². The van der Waals surface area contributed by atoms with Crippen LogP contribution in [0.1, 0.15) is 34.7 Å². The zero-order valence-electron chi connectivity index (χ0n) is 21.1. The van der Waals surface area contributed by atoms with Crippen LogP contribution in [-0.2, 0) is 20.9 Å². The number of amides is 1. The number of non-ortho nitro benzene ring substituents is 1. The summed E-state index contributed by atoms with van der Waals surface area (Å²) < 4.78 is 11.0. The van der Waals surface area contributed by atoms with Crippen molar-refractivity contribution in [3.05, 3.63) is 111 Å². The molecule has 1 N–H and O–H groups in total. The summed E-state index contributed by atoms with van der Waals surface area (Å²) in [5.41, 5.74) is 2.34. The van der Waals surface area contributed by atoms with E-state index in [9.17, 15) is 24.8 Å². The van der Waals surface area contributed by atoms with E-state index in [1.807, 2.05) is 30.3 Å². The molecule has 0 aromatic heterocycles. The van der Waals surface area contributed by atoms with Gasteiger partial charge in [0.2, 0.25) is 0 Å². The van der Waals surface area contributed by atoms with E-state index >= 15 is 0 Å². The van der Waals surface area contributed by atoms with Crippen molar-refractivity contribution in [1.29, 1.82) is 0 Å². The number of nitro groups is 1. The fourth-order valence-electron chi connectivity index (χ4n) is 4.49. The number of benzene rings is 3. The van der Waals surface area contributed by atoms with E-state index in [0.717, 1.165) is 5.56 Å². The van der Waals surface area contributed by atoms with E-state index < -0.39 is 22.7 Å². The lowest BCUT2D eigenvalue weighted by atomic mass is 9.93. The Kier molecular flexibility index (Phi) is 8.18. The second kappa shape index (κ2) is 11.7. The first-order valence-electron chi connectivity index (χ1n) is 12.1. The van der Waals surface area contributed by atoms with Crippen LogP contribution < -0.4 is 4.74 Å². The van der Waals surface area contributed by atoms with Crippen LogP contribution in [0.2, 0.25) is 0 Å². The normalized spacial score (nSPS) is 16.6. The first-order chi connectivity index (χ1) is 18.3. The maximum Gasteiger partial charge on any atom is 0.295 e. The molecule has 3 aromatic carbocycles. The second-order valence-electron chi connectivity index (χ2n) is 8.94. The zero-order chi connectivity index (χ0) is 27.2. The van der Waals surface area contributed by atoms with Crippen molar-refractivity contribution in [2.45, 2.75) is 26.0 Å². The minimum Gasteiger partial charge on any atom is -0.507 e. The van der Waals surface area contributed by atoms with Crippen LogP contribution >= 0.6 is 0 Å². The largest absolute Gasteiger partial charge is 0.507 e. The van der Waals surface area contributed by atoms with Crippen molar-refractivity contribution in [3.8, 4) is 5.75 Å². The van der Waals surface area contributed by atoms with Crippen molar-refractivity contribution >= 4 is 23.1 Å². The Morgan fingerprint density at radius 1 is 1.05 bits per heavy atom. The van der Waals surface area contributed by atoms with Gasteiger partial charge in [0.05, 0.1) is 16.5 Å². The molecule has 1 aliphatic rings. The number of carbonyl (C=O) groups is 2. The van der Waals surface area contributed by atoms with E-state index in [-0.39, 0.29) is 23.6 Å². The zero-order valence-corrected chi connectivity index (χ0v) is 21.1. The van der Waals surface area contributed by atoms with Crippen molar-refractivity contribution < 1.29 is 29.1 Å². The number of ether oxygens (including phenoxy) is 2. The molecule has 38 heavy (non-hydrogen) atoms. The van der Waals surface area contributed by atoms with E-state index in [1.165, 1.54) is 36.3 Å². The Labute approximate surface area is 220 Å². The van der Waals surface area contributed by atoms with Gasteiger partial charge in [0.25, 0.3) is 17.4 Å². The molecule has 0 unspecified atom stereocenters. The SMILES string of the molecule is COCCCN1C(=O)C(=O)/C(=C(/O)c2ccc(OCc3ccccc3)cc2C)[C@H]1c1ccc([N+](=O)[O-])cc1. The van der Waals surface area contributed by atoms with Gasteiger partial charge in [-0.3, -0.25) is 19.7 Å². The molecular formula is C29H28N2O7. The van der Waals surface area contributed by atoms with Gasteiger partial charge in [-0.05, 0) is 60.4 Å². The summed E-state index contributed by atoms with van der Waals surface area (Å²) in [6.45, 7) is 2.74. The van der Waals surface area contributed by atoms with Crippen LogP contribution in [0.5, 0.6) is 5.75 Å². The van der Waals surface area contributed by atoms with Gasteiger partial charge >= 0.3 is 0 Å². The lowest BCUT2D eigenvalue weighted by molar-refractivity contribution is -0.384. The third-order valence-electron chi connectivity index (χ3n) is 6.41. The number of aliphatic hydroxyl groups is 1. The van der Waals surface area contributed by atoms with Gasteiger partial charge in [0.15, 0.2) is 0 Å². The number of aliphatic hydroxyl groups excluding tert-OH is 1. The fourth-order valence-corrected chi connectivity index (χ4v) is 4.49. The summed E-state index contributed by atoms with van der Waals surface area (Å²) >= 11 is 0. The molecule has 9 heteroatoms. The van der Waals surface area contributed by atoms with Gasteiger partial charge in [0.1, 0.15) is 18.1 Å². The number of likely N-dealkylation sites (tertiary alicyclic amines) is 1. The number of carbonyl (C=O) groups excluding carboxylic acids is 2. The maximum absolute atomic E-state index is 13.2. The average molecular weight is 517 g/mol. The van der Waals surface area contributed by atoms with Crippen molar-refractivity contribution in [3.63, 3.8) is 0 Å². The van der Waals surface area contributed by atoms with Crippen molar-refractivity contribution in [2.75, 3.05) is 20.3 Å². The summed E-state index contributed by atoms with van der Waals surface area (Å²) in [7, 11) is 1.54. The van der Waals surface area contributed by atoms with Crippen LogP contribution in [0.4, 0.5) is 5.69 Å². The number of methoxy groups -OCH3 is 1. The number of ketones is 1. The summed E-state index contributed by atoms with van der Waals surface area (Å²) in [6.07, 6.45) is 0.472. The van der Waals surface area contributed by atoms with Gasteiger partial charge in [0, 0.05) is 38.0 Å². The number of Topliss-reactive ketones (excluding diaryl/α,β-unsaturated/α-hetero) is 1. The topological polar surface area (TPSA) is 119 Å². The molecule has 1 heterocycles. The highest BCUT2D eigenvalue weighted by Crippen LogP contribution is 2.40. The van der Waals surface area contributed by atoms with Gasteiger partial charge in [-0.1, -0.05) is 30.3 Å². The van der Waals surface area contributed by atoms with Gasteiger partial charge in [-0.25, -0.2) is 0 Å². The monoisotopic (exact) mass is 516 g/mol. The first-order valence-corrected chi connectivity index (χ1v) is 12.1. The molecule has 0 radical (unpaired) electrons. The molecule has 1 fully saturated rings. The van der Waals surface area contributed by atoms with E-state index in [1.54, 1.807) is 25.1 Å². The molecule has 0 spiro atoms. The van der Waals surface area contributed by atoms with Gasteiger partial charge in [-0.15, -0.1) is 0 Å². The molecule has 3 aromatic rings. The van der Waals surface area contributed by atoms with Crippen molar-refractivity contribution in [2.24, 2.45) is 0 Å². The third-order valence-corrected chi connectivity index (χ3v) is 6.41. The molecule has 9 nitrogen and oxygen atoms in total. The standard InChI is InChI=1S/C29H28N2O7/c1-19-17-23(38-18-20-7-4-3-5-8-20)13-14-24(19)27(32)25-26(21-9-11-22(12-10-21)31(35)36)30(15-6-16-37-2)29(34)28(25)33/h3-5,7-14,17,26,32H,6,15-16,18H2,1-2H3/b27-25+/t26-/m1/s1. The molecule has 0 saturated carbocycles. The quantitative estimate of drug-likeness (QED) is 0.101. The summed E-state index contributed by atoms with van der Waals surface area (Å²) in [5, 5.41) is 22.5. The maximum atomic E-state index is 13.2. The first kappa shape index (κ1) is 26.6. The van der Waals surface area contributed by atoms with Crippen LogP contribution in [0.25, 0.3) is 5.76 Å². The van der Waals surface area contributed by atoms with Crippen LogP contribution in [0.3, 0.4) is 0 Å². The number of nitrogens with zero attached hydrogens (tertiary/aromatic N) is 2. The number of nitro benzene ring substituents is 1. The lowest BCUT2D eigenvalue weighted by Gasteiger charge is -2.25. The van der Waals surface area contributed by atoms with Crippen LogP contribution in [-0.4, -0.2) is 46.9 Å². The number of rotatable bonds is 10. The highest BCUT2D eigenvalue weighted by molar-refractivity contribution is 6.46. The Balaban J connectivity index is 1.70. The summed E-state index contributed by atoms with van der Waals surface area (Å²) in [6, 6.07) is 19.5. The number of aryl methyl sites for hydroxylation is 1. The third kappa shape index (κ3) is 5.57. The average Bonchev–Trinajstić information content (AvgIpc) is 3.17. The lowest BCUT2D eigenvalue weighted by Crippen LogP contribution is -2.31. The predicted molar refractivity (Wildman–Crippen MR) is 141 cm³/mol. The minimum atomic E-state index is -0.902. The molecule has 1 saturated heterocycles. The summed E-state index contributed by atoms with van der Waals surface area (Å²) in [5.74, 6) is -1.28. The highest BCUT2D eigenvalue weighted by Gasteiger charge is 2.46. The number of hydrogen-bond acceptors (Lipinski definition) is 7. The van der Waals surface area contributed by atoms with Gasteiger partial charge < -0.3 is 19.5 Å².